The Hall–Kier alpha value is -0.140. The minimum Gasteiger partial charge on any atom is -0.743 e. The molecule has 1 aromatic rings. The first-order valence-corrected chi connectivity index (χ1v) is 4.89. The number of carbonyl (C=O) groups is 1. The molecule has 1 heterocycles. The van der Waals surface area contributed by atoms with Crippen molar-refractivity contribution in [3.05, 3.63) is 16.8 Å². The molecule has 5 nitrogen and oxygen atoms in total. The fourth-order valence-corrected chi connectivity index (χ4v) is 1.81. The van der Waals surface area contributed by atoms with Crippen molar-refractivity contribution in [1.82, 2.24) is 4.98 Å². The third kappa shape index (κ3) is 2.46. The Labute approximate surface area is 104 Å². The molecule has 1 aromatic heterocycles. The largest absolute Gasteiger partial charge is 1.00 e. The van der Waals surface area contributed by atoms with E-state index in [0.29, 0.717) is 17.4 Å². The van der Waals surface area contributed by atoms with Crippen LogP contribution < -0.4 is 29.6 Å². The number of rotatable bonds is 2. The molecule has 0 amide bonds. The molecule has 0 aliphatic heterocycles. The summed E-state index contributed by atoms with van der Waals surface area (Å²) in [6.07, 6.45) is 0.483. The van der Waals surface area contributed by atoms with E-state index in [1.165, 1.54) is 6.92 Å². The van der Waals surface area contributed by atoms with Crippen molar-refractivity contribution in [3.8, 4) is 0 Å². The molecule has 1 rings (SSSR count). The number of hydrogen-bond acceptors (Lipinski definition) is 4. The van der Waals surface area contributed by atoms with Gasteiger partial charge in [0, 0.05) is 0 Å². The van der Waals surface area contributed by atoms with Gasteiger partial charge in [0.05, 0.1) is 5.69 Å². The molecule has 0 aromatic carbocycles. The Bertz CT molecular complexity index is 449. The molecular formula is C7H8NNaO4S. The molecule has 72 valence electrons. The second-order valence-electron chi connectivity index (χ2n) is 2.69. The van der Waals surface area contributed by atoms with E-state index in [2.05, 4.69) is 4.98 Å². The fraction of sp³-hybridized carbons (Fsp3) is 0.286. The van der Waals surface area contributed by atoms with Crippen LogP contribution in [0.15, 0.2) is 5.03 Å². The van der Waals surface area contributed by atoms with Gasteiger partial charge in [0.15, 0.2) is 6.29 Å². The maximum atomic E-state index is 10.6. The Balaban J connectivity index is 0.00000169. The van der Waals surface area contributed by atoms with Gasteiger partial charge in [0.25, 0.3) is 0 Å². The fourth-order valence-electron chi connectivity index (χ4n) is 1.05. The van der Waals surface area contributed by atoms with Crippen LogP contribution in [-0.4, -0.2) is 24.2 Å². The Morgan fingerprint density at radius 2 is 1.79 bits per heavy atom. The van der Waals surface area contributed by atoms with Crippen LogP contribution in [0.3, 0.4) is 0 Å². The van der Waals surface area contributed by atoms with Crippen LogP contribution in [0.2, 0.25) is 0 Å². The Kier molecular flexibility index (Phi) is 4.54. The molecule has 14 heavy (non-hydrogen) atoms. The molecule has 0 atom stereocenters. The molecule has 0 radical (unpaired) electrons. The second-order valence-corrected chi connectivity index (χ2v) is 4.01. The number of aromatic nitrogens is 1. The third-order valence-corrected chi connectivity index (χ3v) is 2.83. The monoisotopic (exact) mass is 225 g/mol. The summed E-state index contributed by atoms with van der Waals surface area (Å²) < 4.78 is 31.9. The smallest absolute Gasteiger partial charge is 0.743 e. The van der Waals surface area contributed by atoms with Crippen molar-refractivity contribution in [3.63, 3.8) is 0 Å². The standard InChI is InChI=1S/C7H9NO4S.Na/c1-4-5(2)7(13(10,11)12)8-6(4)3-9;/h3,8H,1-2H3,(H,10,11,12);/q;+1/p-1. The van der Waals surface area contributed by atoms with Crippen LogP contribution in [0.1, 0.15) is 21.6 Å². The zero-order chi connectivity index (χ0) is 10.2. The van der Waals surface area contributed by atoms with E-state index in [0.717, 1.165) is 0 Å². The quantitative estimate of drug-likeness (QED) is 0.338. The molecule has 0 aliphatic carbocycles. The van der Waals surface area contributed by atoms with Gasteiger partial charge in [-0.05, 0) is 25.0 Å². The van der Waals surface area contributed by atoms with Crippen molar-refractivity contribution >= 4 is 16.4 Å². The van der Waals surface area contributed by atoms with Crippen molar-refractivity contribution in [2.75, 3.05) is 0 Å². The first-order valence-electron chi connectivity index (χ1n) is 3.48. The number of aldehydes is 1. The average Bonchev–Trinajstić information content (AvgIpc) is 2.28. The predicted molar refractivity (Wildman–Crippen MR) is 43.6 cm³/mol. The molecule has 0 fully saturated rings. The summed E-state index contributed by atoms with van der Waals surface area (Å²) in [5.74, 6) is 0. The van der Waals surface area contributed by atoms with Crippen LogP contribution in [0.25, 0.3) is 0 Å². The van der Waals surface area contributed by atoms with Gasteiger partial charge in [-0.1, -0.05) is 0 Å². The molecule has 0 saturated heterocycles. The summed E-state index contributed by atoms with van der Waals surface area (Å²) in [5, 5.41) is -0.424. The van der Waals surface area contributed by atoms with E-state index >= 15 is 0 Å². The molecule has 0 aliphatic rings. The van der Waals surface area contributed by atoms with E-state index < -0.39 is 15.1 Å². The van der Waals surface area contributed by atoms with Gasteiger partial charge < -0.3 is 9.54 Å². The van der Waals surface area contributed by atoms with E-state index in [1.807, 2.05) is 0 Å². The molecule has 1 N–H and O–H groups in total. The summed E-state index contributed by atoms with van der Waals surface area (Å²) in [4.78, 5) is 12.7. The second kappa shape index (κ2) is 4.59. The van der Waals surface area contributed by atoms with Crippen LogP contribution >= 0.6 is 0 Å². The number of nitrogens with one attached hydrogen (secondary N) is 1. The zero-order valence-corrected chi connectivity index (χ0v) is 10.9. The number of H-pyrrole nitrogens is 1. The van der Waals surface area contributed by atoms with E-state index in [1.54, 1.807) is 6.92 Å². The number of hydrogen-bond donors (Lipinski definition) is 1. The summed E-state index contributed by atoms with van der Waals surface area (Å²) in [6.45, 7) is 3.05. The Morgan fingerprint density at radius 1 is 1.29 bits per heavy atom. The maximum absolute atomic E-state index is 10.6. The van der Waals surface area contributed by atoms with E-state index in [-0.39, 0.29) is 35.3 Å². The van der Waals surface area contributed by atoms with Gasteiger partial charge in [-0.3, -0.25) is 4.79 Å². The molecule has 0 unspecified atom stereocenters. The van der Waals surface area contributed by atoms with Crippen molar-refractivity contribution in [2.45, 2.75) is 18.9 Å². The third-order valence-electron chi connectivity index (χ3n) is 1.92. The molecule has 0 spiro atoms. The molecule has 0 bridgehead atoms. The van der Waals surface area contributed by atoms with Crippen LogP contribution in [0, 0.1) is 13.8 Å². The number of aromatic amines is 1. The summed E-state index contributed by atoms with van der Waals surface area (Å²) in [6, 6.07) is 0. The first kappa shape index (κ1) is 13.9. The summed E-state index contributed by atoms with van der Waals surface area (Å²) in [5.41, 5.74) is 0.924. The van der Waals surface area contributed by atoms with Gasteiger partial charge in [-0.25, -0.2) is 8.42 Å². The van der Waals surface area contributed by atoms with Gasteiger partial charge in [-0.15, -0.1) is 0 Å². The van der Waals surface area contributed by atoms with Crippen LogP contribution in [0.5, 0.6) is 0 Å². The van der Waals surface area contributed by atoms with Gasteiger partial charge in [0.1, 0.15) is 15.1 Å². The van der Waals surface area contributed by atoms with Crippen LogP contribution in [-0.2, 0) is 10.1 Å². The molecule has 0 saturated carbocycles. The minimum atomic E-state index is -4.51. The van der Waals surface area contributed by atoms with Gasteiger partial charge in [0.2, 0.25) is 0 Å². The Morgan fingerprint density at radius 3 is 2.00 bits per heavy atom. The van der Waals surface area contributed by atoms with Crippen molar-refractivity contribution in [1.29, 1.82) is 0 Å². The first-order chi connectivity index (χ1) is 5.88. The SMILES string of the molecule is Cc1c(C=O)[nH]c(S(=O)(=O)[O-])c1C.[Na+]. The summed E-state index contributed by atoms with van der Waals surface area (Å²) in [7, 11) is -4.51. The van der Waals surface area contributed by atoms with Gasteiger partial charge >= 0.3 is 29.6 Å². The zero-order valence-electron chi connectivity index (χ0n) is 8.12. The number of carbonyl (C=O) groups excluding carboxylic acids is 1. The minimum absolute atomic E-state index is 0. The summed E-state index contributed by atoms with van der Waals surface area (Å²) >= 11 is 0. The normalized spacial score (nSPS) is 10.8. The van der Waals surface area contributed by atoms with Crippen LogP contribution in [0.4, 0.5) is 0 Å². The maximum Gasteiger partial charge on any atom is 1.00 e. The van der Waals surface area contributed by atoms with Crippen molar-refractivity contribution < 1.29 is 47.3 Å². The molecular weight excluding hydrogens is 217 g/mol. The predicted octanol–water partition coefficient (Wildman–Crippen LogP) is -2.65. The van der Waals surface area contributed by atoms with E-state index in [4.69, 9.17) is 0 Å². The average molecular weight is 225 g/mol. The molecule has 7 heteroatoms. The van der Waals surface area contributed by atoms with Crippen molar-refractivity contribution in [2.24, 2.45) is 0 Å². The van der Waals surface area contributed by atoms with E-state index in [9.17, 15) is 17.8 Å². The van der Waals surface area contributed by atoms with Gasteiger partial charge in [-0.2, -0.15) is 0 Å². The topological polar surface area (TPSA) is 90.1 Å².